The predicted octanol–water partition coefficient (Wildman–Crippen LogP) is 6.67. The van der Waals surface area contributed by atoms with E-state index in [4.69, 9.17) is 9.47 Å². The lowest BCUT2D eigenvalue weighted by atomic mass is 9.95. The zero-order valence-corrected chi connectivity index (χ0v) is 21.2. The molecule has 2 heterocycles. The van der Waals surface area contributed by atoms with Gasteiger partial charge in [0.25, 0.3) is 0 Å². The molecule has 2 aromatic rings. The third-order valence-corrected chi connectivity index (χ3v) is 6.89. The second-order valence-electron chi connectivity index (χ2n) is 10.00. The third kappa shape index (κ3) is 5.55. The van der Waals surface area contributed by atoms with E-state index in [1.165, 1.54) is 11.1 Å². The van der Waals surface area contributed by atoms with Gasteiger partial charge in [-0.1, -0.05) is 13.8 Å². The number of hydrogen-bond donors (Lipinski definition) is 0. The normalized spacial score (nSPS) is 24.8. The molecule has 0 radical (unpaired) electrons. The van der Waals surface area contributed by atoms with Crippen molar-refractivity contribution in [3.63, 3.8) is 0 Å². The fourth-order valence-electron chi connectivity index (χ4n) is 4.80. The van der Waals surface area contributed by atoms with Gasteiger partial charge in [0.1, 0.15) is 29.1 Å². The van der Waals surface area contributed by atoms with Gasteiger partial charge in [-0.2, -0.15) is 18.3 Å². The highest BCUT2D eigenvalue weighted by atomic mass is 19.4. The molecule has 4 atom stereocenters. The van der Waals surface area contributed by atoms with Crippen LogP contribution in [0.4, 0.5) is 28.9 Å². The van der Waals surface area contributed by atoms with Gasteiger partial charge in [-0.3, -0.25) is 5.01 Å². The minimum Gasteiger partial charge on any atom is -0.491 e. The van der Waals surface area contributed by atoms with Crippen molar-refractivity contribution in [1.82, 2.24) is 0 Å². The van der Waals surface area contributed by atoms with Crippen molar-refractivity contribution in [2.24, 2.45) is 16.9 Å². The molecule has 1 fully saturated rings. The summed E-state index contributed by atoms with van der Waals surface area (Å²) < 4.78 is 66.3. The fourth-order valence-corrected chi connectivity index (χ4v) is 4.80. The Kier molecular flexibility index (Phi) is 7.38. The molecule has 36 heavy (non-hydrogen) atoms. The number of anilines is 2. The number of halogens is 4. The van der Waals surface area contributed by atoms with Crippen molar-refractivity contribution in [2.75, 3.05) is 23.0 Å². The molecule has 4 rings (SSSR count). The Morgan fingerprint density at radius 3 is 2.25 bits per heavy atom. The molecular formula is C27H33F4N3O2. The monoisotopic (exact) mass is 507 g/mol. The van der Waals surface area contributed by atoms with E-state index in [2.05, 4.69) is 12.0 Å². The van der Waals surface area contributed by atoms with Gasteiger partial charge in [-0.25, -0.2) is 4.39 Å². The van der Waals surface area contributed by atoms with Crippen molar-refractivity contribution in [3.8, 4) is 11.5 Å². The standard InChI is InChI=1S/C27H33F4N3O2/c1-16(2)35-22-10-11-23(28)24(14-22)33-13-12-25(17(3)15-33)36-21-8-6-20(7-9-21)34-19(5)18(4)26(32-34)27(29,30)31/h6-11,14,16-19,25H,12-13,15H2,1-5H3/t17?,18-,19-,25?/m0/s1. The maximum Gasteiger partial charge on any atom is 0.431 e. The molecule has 0 aromatic heterocycles. The van der Waals surface area contributed by atoms with Crippen molar-refractivity contribution in [1.29, 1.82) is 0 Å². The molecule has 196 valence electrons. The number of hydrazone groups is 1. The number of benzene rings is 2. The zero-order chi connectivity index (χ0) is 26.2. The van der Waals surface area contributed by atoms with E-state index >= 15 is 0 Å². The van der Waals surface area contributed by atoms with Crippen LogP contribution in [-0.4, -0.2) is 43.2 Å². The molecule has 9 heteroatoms. The average Bonchev–Trinajstić information content (AvgIpc) is 3.11. The first kappa shape index (κ1) is 26.1. The Balaban J connectivity index is 1.40. The highest BCUT2D eigenvalue weighted by Crippen LogP contribution is 2.36. The number of hydrogen-bond acceptors (Lipinski definition) is 5. The summed E-state index contributed by atoms with van der Waals surface area (Å²) >= 11 is 0. The van der Waals surface area contributed by atoms with Crippen LogP contribution in [0, 0.1) is 17.7 Å². The lowest BCUT2D eigenvalue weighted by molar-refractivity contribution is -0.0619. The van der Waals surface area contributed by atoms with E-state index in [-0.39, 0.29) is 23.9 Å². The van der Waals surface area contributed by atoms with Crippen LogP contribution in [0.5, 0.6) is 11.5 Å². The summed E-state index contributed by atoms with van der Waals surface area (Å²) in [7, 11) is 0. The summed E-state index contributed by atoms with van der Waals surface area (Å²) in [5, 5.41) is 5.27. The number of rotatable bonds is 6. The molecule has 2 aliphatic rings. The van der Waals surface area contributed by atoms with Gasteiger partial charge in [-0.15, -0.1) is 0 Å². The van der Waals surface area contributed by atoms with Gasteiger partial charge in [0.2, 0.25) is 0 Å². The lowest BCUT2D eigenvalue weighted by Gasteiger charge is -2.38. The van der Waals surface area contributed by atoms with Crippen LogP contribution in [-0.2, 0) is 0 Å². The van der Waals surface area contributed by atoms with Crippen LogP contribution < -0.4 is 19.4 Å². The number of piperidine rings is 1. The van der Waals surface area contributed by atoms with Crippen molar-refractivity contribution in [3.05, 3.63) is 48.3 Å². The van der Waals surface area contributed by atoms with Gasteiger partial charge >= 0.3 is 6.18 Å². The number of ether oxygens (including phenoxy) is 2. The Morgan fingerprint density at radius 1 is 1.00 bits per heavy atom. The Bertz CT molecular complexity index is 1090. The summed E-state index contributed by atoms with van der Waals surface area (Å²) in [5.41, 5.74) is 0.354. The van der Waals surface area contributed by atoms with E-state index in [1.807, 2.05) is 18.7 Å². The summed E-state index contributed by atoms with van der Waals surface area (Å²) in [6, 6.07) is 11.4. The number of alkyl halides is 3. The van der Waals surface area contributed by atoms with Crippen LogP contribution in [0.3, 0.4) is 0 Å². The maximum atomic E-state index is 14.6. The predicted molar refractivity (Wildman–Crippen MR) is 134 cm³/mol. The molecular weight excluding hydrogens is 474 g/mol. The molecule has 0 amide bonds. The molecule has 2 aromatic carbocycles. The summed E-state index contributed by atoms with van der Waals surface area (Å²) in [6.45, 7) is 10.5. The first-order valence-electron chi connectivity index (χ1n) is 12.4. The smallest absolute Gasteiger partial charge is 0.431 e. The van der Waals surface area contributed by atoms with Gasteiger partial charge in [-0.05, 0) is 57.2 Å². The van der Waals surface area contributed by atoms with Gasteiger partial charge < -0.3 is 14.4 Å². The second kappa shape index (κ2) is 10.2. The zero-order valence-electron chi connectivity index (χ0n) is 21.2. The van der Waals surface area contributed by atoms with Crippen LogP contribution in [0.2, 0.25) is 0 Å². The molecule has 0 saturated carbocycles. The summed E-state index contributed by atoms with van der Waals surface area (Å²) in [4.78, 5) is 2.02. The summed E-state index contributed by atoms with van der Waals surface area (Å²) in [5.74, 6) is 0.416. The summed E-state index contributed by atoms with van der Waals surface area (Å²) in [6.07, 6.45) is -3.80. The minimum absolute atomic E-state index is 0.00309. The van der Waals surface area contributed by atoms with Crippen molar-refractivity contribution >= 4 is 17.1 Å². The van der Waals surface area contributed by atoms with Crippen LogP contribution >= 0.6 is 0 Å². The number of nitrogens with zero attached hydrogens (tertiary/aromatic N) is 3. The van der Waals surface area contributed by atoms with E-state index in [0.717, 1.165) is 0 Å². The topological polar surface area (TPSA) is 37.3 Å². The highest BCUT2D eigenvalue weighted by molar-refractivity contribution is 5.95. The van der Waals surface area contributed by atoms with E-state index < -0.39 is 23.8 Å². The molecule has 0 bridgehead atoms. The minimum atomic E-state index is -4.44. The van der Waals surface area contributed by atoms with E-state index in [1.54, 1.807) is 50.2 Å². The van der Waals surface area contributed by atoms with E-state index in [9.17, 15) is 17.6 Å². The molecule has 0 N–H and O–H groups in total. The molecule has 0 spiro atoms. The van der Waals surface area contributed by atoms with E-state index in [0.29, 0.717) is 42.4 Å². The van der Waals surface area contributed by atoms with Crippen molar-refractivity contribution in [2.45, 2.75) is 65.5 Å². The lowest BCUT2D eigenvalue weighted by Crippen LogP contribution is -2.44. The Labute approximate surface area is 209 Å². The molecule has 2 unspecified atom stereocenters. The third-order valence-electron chi connectivity index (χ3n) is 6.89. The van der Waals surface area contributed by atoms with Crippen LogP contribution in [0.15, 0.2) is 47.6 Å². The molecule has 5 nitrogen and oxygen atoms in total. The Hall–Kier alpha value is -2.97. The SMILES string of the molecule is CC(C)Oc1ccc(F)c(N2CCC(Oc3ccc(N4N=C(C(F)(F)F)[C@@H](C)[C@@H]4C)cc3)C(C)C2)c1. The van der Waals surface area contributed by atoms with Crippen molar-refractivity contribution < 1.29 is 27.0 Å². The largest absolute Gasteiger partial charge is 0.491 e. The van der Waals surface area contributed by atoms with Crippen LogP contribution in [0.25, 0.3) is 0 Å². The molecule has 2 aliphatic heterocycles. The first-order chi connectivity index (χ1) is 16.9. The van der Waals surface area contributed by atoms with Gasteiger partial charge in [0.15, 0.2) is 0 Å². The van der Waals surface area contributed by atoms with Gasteiger partial charge in [0, 0.05) is 37.4 Å². The first-order valence-corrected chi connectivity index (χ1v) is 12.4. The quantitative estimate of drug-likeness (QED) is 0.409. The molecule has 1 saturated heterocycles. The Morgan fingerprint density at radius 2 is 1.67 bits per heavy atom. The molecule has 0 aliphatic carbocycles. The fraction of sp³-hybridized carbons (Fsp3) is 0.519. The van der Waals surface area contributed by atoms with Crippen LogP contribution in [0.1, 0.15) is 41.0 Å². The highest BCUT2D eigenvalue weighted by Gasteiger charge is 2.46. The maximum absolute atomic E-state index is 14.6. The second-order valence-corrected chi connectivity index (χ2v) is 10.00. The van der Waals surface area contributed by atoms with Gasteiger partial charge in [0.05, 0.1) is 23.5 Å². The average molecular weight is 508 g/mol.